The maximum atomic E-state index is 15.0. The molecule has 2 unspecified atom stereocenters. The lowest BCUT2D eigenvalue weighted by Crippen LogP contribution is -2.37. The average molecular weight is 603 g/mol. The highest BCUT2D eigenvalue weighted by Gasteiger charge is 2.36. The van der Waals surface area contributed by atoms with Crippen LogP contribution in [0.15, 0.2) is 102 Å². The van der Waals surface area contributed by atoms with Crippen molar-refractivity contribution in [3.05, 3.63) is 100.0 Å². The molecule has 214 valence electrons. The number of sulfonamides is 2. The molecule has 40 heavy (non-hydrogen) atoms. The zero-order valence-electron chi connectivity index (χ0n) is 23.2. The summed E-state index contributed by atoms with van der Waals surface area (Å²) in [6.45, 7) is 9.03. The summed E-state index contributed by atoms with van der Waals surface area (Å²) < 4.78 is 80.3. The third-order valence-electron chi connectivity index (χ3n) is 6.54. The van der Waals surface area contributed by atoms with Crippen LogP contribution in [-0.4, -0.2) is 51.2 Å². The Hall–Kier alpha value is -2.83. The molecule has 1 aliphatic heterocycles. The molecule has 3 aromatic carbocycles. The molecule has 4 rings (SSSR count). The molecule has 0 bridgehead atoms. The monoisotopic (exact) mass is 602 g/mol. The van der Waals surface area contributed by atoms with Crippen LogP contribution in [0.2, 0.25) is 0 Å². The molecule has 0 amide bonds. The van der Waals surface area contributed by atoms with Gasteiger partial charge in [-0.3, -0.25) is 0 Å². The summed E-state index contributed by atoms with van der Waals surface area (Å²) in [6, 6.07) is 19.2. The van der Waals surface area contributed by atoms with Gasteiger partial charge in [-0.1, -0.05) is 62.4 Å². The SMILES string of the molecule is CC(C)=C(CN(CC1CO1)S(=O)(=O)c1ccc(C)cc1)S(=O)(=NS(=O)(=O)c1ccc(C)cc1)c1ccc(C)cc1. The molecule has 2 atom stereocenters. The van der Waals surface area contributed by atoms with Crippen molar-refractivity contribution in [1.82, 2.24) is 4.31 Å². The van der Waals surface area contributed by atoms with Crippen molar-refractivity contribution in [3.63, 3.8) is 0 Å². The first-order valence-electron chi connectivity index (χ1n) is 12.7. The first kappa shape index (κ1) is 30.1. The molecule has 11 heteroatoms. The molecule has 1 aliphatic rings. The molecule has 8 nitrogen and oxygen atoms in total. The van der Waals surface area contributed by atoms with Crippen LogP contribution in [0.4, 0.5) is 0 Å². The third kappa shape index (κ3) is 6.72. The van der Waals surface area contributed by atoms with E-state index in [0.29, 0.717) is 12.2 Å². The van der Waals surface area contributed by atoms with Crippen LogP contribution < -0.4 is 0 Å². The van der Waals surface area contributed by atoms with Gasteiger partial charge in [-0.25, -0.2) is 12.6 Å². The van der Waals surface area contributed by atoms with Gasteiger partial charge < -0.3 is 4.74 Å². The Morgan fingerprint density at radius 1 is 0.750 bits per heavy atom. The second kappa shape index (κ2) is 11.6. The fraction of sp³-hybridized carbons (Fsp3) is 0.310. The fourth-order valence-corrected chi connectivity index (χ4v) is 9.86. The van der Waals surface area contributed by atoms with E-state index in [4.69, 9.17) is 4.74 Å². The van der Waals surface area contributed by atoms with E-state index < -0.39 is 29.8 Å². The lowest BCUT2D eigenvalue weighted by molar-refractivity contribution is 0.347. The molecule has 3 aromatic rings. The second-order valence-corrected chi connectivity index (χ2v) is 16.2. The number of benzene rings is 3. The standard InChI is InChI=1S/C29H34N2O6S3/c1-21(2)29(19-31(18-25-20-37-25)40(35,36)28-16-10-24(5)11-17-28)38(32,26-12-6-22(3)7-13-26)30-39(33,34)27-14-8-23(4)9-15-27/h6-17,25H,18-20H2,1-5H3. The maximum absolute atomic E-state index is 15.0. The lowest BCUT2D eigenvalue weighted by Gasteiger charge is -2.25. The van der Waals surface area contributed by atoms with Gasteiger partial charge in [-0.15, -0.1) is 0 Å². The number of hydrogen-bond donors (Lipinski definition) is 0. The van der Waals surface area contributed by atoms with Gasteiger partial charge in [0.1, 0.15) is 9.73 Å². The summed E-state index contributed by atoms with van der Waals surface area (Å²) >= 11 is 0. The minimum Gasteiger partial charge on any atom is -0.372 e. The summed E-state index contributed by atoms with van der Waals surface area (Å²) in [6.07, 6.45) is -0.303. The first-order valence-corrected chi connectivity index (χ1v) is 17.1. The zero-order chi connectivity index (χ0) is 29.3. The molecule has 0 saturated carbocycles. The summed E-state index contributed by atoms with van der Waals surface area (Å²) in [5.41, 5.74) is 3.17. The summed E-state index contributed by atoms with van der Waals surface area (Å²) in [5, 5.41) is 0. The van der Waals surface area contributed by atoms with E-state index in [-0.39, 0.29) is 38.8 Å². The Labute approximate surface area is 238 Å². The van der Waals surface area contributed by atoms with Crippen LogP contribution in [0.1, 0.15) is 30.5 Å². The normalized spacial score (nSPS) is 16.8. The minimum atomic E-state index is -4.39. The fourth-order valence-electron chi connectivity index (χ4n) is 4.03. The van der Waals surface area contributed by atoms with Crippen LogP contribution in [0.3, 0.4) is 0 Å². The highest BCUT2D eigenvalue weighted by molar-refractivity contribution is 8.05. The van der Waals surface area contributed by atoms with Crippen LogP contribution >= 0.6 is 0 Å². The van der Waals surface area contributed by atoms with Crippen molar-refractivity contribution < 1.29 is 25.8 Å². The molecule has 0 aliphatic carbocycles. The molecule has 1 heterocycles. The van der Waals surface area contributed by atoms with Gasteiger partial charge in [0.25, 0.3) is 10.0 Å². The van der Waals surface area contributed by atoms with Crippen molar-refractivity contribution in [3.8, 4) is 0 Å². The summed E-state index contributed by atoms with van der Waals surface area (Å²) in [5.74, 6) is 0. The van der Waals surface area contributed by atoms with Gasteiger partial charge in [0, 0.05) is 18.0 Å². The highest BCUT2D eigenvalue weighted by atomic mass is 32.3. The Kier molecular flexibility index (Phi) is 8.72. The van der Waals surface area contributed by atoms with Crippen molar-refractivity contribution in [2.75, 3.05) is 19.7 Å². The Balaban J connectivity index is 1.90. The van der Waals surface area contributed by atoms with E-state index >= 15 is 0 Å². The number of epoxide rings is 1. The Bertz CT molecular complexity index is 1740. The Morgan fingerprint density at radius 2 is 1.18 bits per heavy atom. The Morgan fingerprint density at radius 3 is 1.60 bits per heavy atom. The molecule has 0 aromatic heterocycles. The van der Waals surface area contributed by atoms with Crippen molar-refractivity contribution in [2.24, 2.45) is 3.77 Å². The van der Waals surface area contributed by atoms with E-state index in [1.807, 2.05) is 20.8 Å². The van der Waals surface area contributed by atoms with Crippen LogP contribution in [0, 0.1) is 20.8 Å². The van der Waals surface area contributed by atoms with Gasteiger partial charge in [-0.05, 0) is 71.0 Å². The summed E-state index contributed by atoms with van der Waals surface area (Å²) in [4.78, 5) is 0.281. The number of rotatable bonds is 10. The molecular weight excluding hydrogens is 569 g/mol. The van der Waals surface area contributed by atoms with E-state index in [0.717, 1.165) is 16.7 Å². The summed E-state index contributed by atoms with van der Waals surface area (Å²) in [7, 11) is -12.3. The van der Waals surface area contributed by atoms with Gasteiger partial charge in [0.05, 0.1) is 27.4 Å². The smallest absolute Gasteiger partial charge is 0.290 e. The highest BCUT2D eigenvalue weighted by Crippen LogP contribution is 2.31. The topological polar surface area (TPSA) is 113 Å². The largest absolute Gasteiger partial charge is 0.372 e. The molecule has 0 spiro atoms. The van der Waals surface area contributed by atoms with E-state index in [9.17, 15) is 21.0 Å². The number of allylic oxidation sites excluding steroid dienone is 1. The molecular formula is C29H34N2O6S3. The van der Waals surface area contributed by atoms with Crippen molar-refractivity contribution in [2.45, 2.75) is 55.4 Å². The van der Waals surface area contributed by atoms with E-state index in [1.54, 1.807) is 62.4 Å². The third-order valence-corrected chi connectivity index (χ3v) is 13.0. The first-order chi connectivity index (χ1) is 18.7. The van der Waals surface area contributed by atoms with Crippen molar-refractivity contribution in [1.29, 1.82) is 0 Å². The number of hydrogen-bond acceptors (Lipinski definition) is 6. The van der Waals surface area contributed by atoms with Crippen LogP contribution in [-0.2, 0) is 34.5 Å². The maximum Gasteiger partial charge on any atom is 0.290 e. The van der Waals surface area contributed by atoms with Crippen LogP contribution in [0.25, 0.3) is 0 Å². The molecule has 0 radical (unpaired) electrons. The quantitative estimate of drug-likeness (QED) is 0.295. The van der Waals surface area contributed by atoms with Gasteiger partial charge in [0.15, 0.2) is 0 Å². The zero-order valence-corrected chi connectivity index (χ0v) is 25.6. The predicted molar refractivity (Wildman–Crippen MR) is 156 cm³/mol. The average Bonchev–Trinajstić information content (AvgIpc) is 3.71. The number of ether oxygens (including phenoxy) is 1. The van der Waals surface area contributed by atoms with Gasteiger partial charge in [-0.2, -0.15) is 12.7 Å². The van der Waals surface area contributed by atoms with Gasteiger partial charge >= 0.3 is 0 Å². The predicted octanol–water partition coefficient (Wildman–Crippen LogP) is 5.21. The number of nitrogens with zero attached hydrogens (tertiary/aromatic N) is 2. The minimum absolute atomic E-state index is 0.0289. The van der Waals surface area contributed by atoms with Crippen molar-refractivity contribution >= 4 is 29.8 Å². The molecule has 0 N–H and O–H groups in total. The second-order valence-electron chi connectivity index (χ2n) is 10.2. The van der Waals surface area contributed by atoms with Crippen LogP contribution in [0.5, 0.6) is 0 Å². The van der Waals surface area contributed by atoms with E-state index in [2.05, 4.69) is 3.77 Å². The van der Waals surface area contributed by atoms with E-state index in [1.165, 1.54) is 28.6 Å². The molecule has 1 saturated heterocycles. The lowest BCUT2D eigenvalue weighted by atomic mass is 10.2. The molecule has 1 fully saturated rings. The van der Waals surface area contributed by atoms with Gasteiger partial charge in [0.2, 0.25) is 10.0 Å². The number of aryl methyl sites for hydroxylation is 3.